The van der Waals surface area contributed by atoms with Crippen molar-refractivity contribution in [1.29, 1.82) is 0 Å². The molecule has 0 heterocycles. The number of hydrogen-bond acceptors (Lipinski definition) is 3. The van der Waals surface area contributed by atoms with E-state index in [9.17, 15) is 4.39 Å². The van der Waals surface area contributed by atoms with Crippen molar-refractivity contribution in [3.05, 3.63) is 35.6 Å². The molecule has 0 bridgehead atoms. The van der Waals surface area contributed by atoms with E-state index in [1.54, 1.807) is 13.2 Å². The van der Waals surface area contributed by atoms with Crippen molar-refractivity contribution < 1.29 is 9.13 Å². The van der Waals surface area contributed by atoms with E-state index < -0.39 is 0 Å². The molecule has 3 nitrogen and oxygen atoms in total. The molecule has 1 aromatic carbocycles. The Labute approximate surface area is 115 Å². The molecule has 0 fully saturated rings. The van der Waals surface area contributed by atoms with Gasteiger partial charge in [-0.05, 0) is 33.5 Å². The van der Waals surface area contributed by atoms with E-state index in [1.807, 2.05) is 19.2 Å². The molecule has 2 unspecified atom stereocenters. The molecule has 0 aliphatic carbocycles. The number of halogens is 1. The van der Waals surface area contributed by atoms with Gasteiger partial charge in [-0.2, -0.15) is 0 Å². The second-order valence-corrected chi connectivity index (χ2v) is 4.94. The van der Waals surface area contributed by atoms with Gasteiger partial charge >= 0.3 is 0 Å². The van der Waals surface area contributed by atoms with Crippen molar-refractivity contribution in [2.75, 3.05) is 34.4 Å². The van der Waals surface area contributed by atoms with Gasteiger partial charge < -0.3 is 15.0 Å². The third-order valence-electron chi connectivity index (χ3n) is 3.56. The molecule has 108 valence electrons. The monoisotopic (exact) mass is 268 g/mol. The maximum Gasteiger partial charge on any atom is 0.127 e. The van der Waals surface area contributed by atoms with Crippen molar-refractivity contribution in [3.63, 3.8) is 0 Å². The van der Waals surface area contributed by atoms with E-state index >= 15 is 0 Å². The minimum atomic E-state index is -0.144. The van der Waals surface area contributed by atoms with Crippen LogP contribution in [-0.2, 0) is 4.74 Å². The number of likely N-dealkylation sites (N-methyl/N-ethyl adjacent to an activating group) is 1. The predicted octanol–water partition coefficient (Wildman–Crippen LogP) is 2.44. The Balaban J connectivity index is 2.56. The molecule has 0 radical (unpaired) electrons. The van der Waals surface area contributed by atoms with Crippen LogP contribution in [0.5, 0.6) is 0 Å². The van der Waals surface area contributed by atoms with Crippen molar-refractivity contribution in [1.82, 2.24) is 10.2 Å². The number of hydrogen-bond donors (Lipinski definition) is 1. The lowest BCUT2D eigenvalue weighted by Crippen LogP contribution is -2.35. The number of methoxy groups -OCH3 is 1. The first kappa shape index (κ1) is 16.1. The van der Waals surface area contributed by atoms with E-state index in [2.05, 4.69) is 24.2 Å². The first-order valence-electron chi connectivity index (χ1n) is 6.71. The summed E-state index contributed by atoms with van der Waals surface area (Å²) in [5, 5.41) is 3.19. The molecule has 1 aromatic rings. The van der Waals surface area contributed by atoms with Crippen LogP contribution in [0.1, 0.15) is 24.9 Å². The summed E-state index contributed by atoms with van der Waals surface area (Å²) in [5.74, 6) is -0.144. The van der Waals surface area contributed by atoms with E-state index in [4.69, 9.17) is 4.74 Å². The third kappa shape index (κ3) is 4.90. The normalized spacial score (nSPS) is 14.6. The van der Waals surface area contributed by atoms with Crippen LogP contribution in [0.25, 0.3) is 0 Å². The molecule has 0 saturated heterocycles. The molecule has 0 aromatic heterocycles. The van der Waals surface area contributed by atoms with E-state index in [-0.39, 0.29) is 11.9 Å². The smallest absolute Gasteiger partial charge is 0.127 e. The van der Waals surface area contributed by atoms with Crippen molar-refractivity contribution in [2.24, 2.45) is 0 Å². The van der Waals surface area contributed by atoms with Crippen LogP contribution < -0.4 is 5.32 Å². The zero-order valence-electron chi connectivity index (χ0n) is 12.3. The zero-order chi connectivity index (χ0) is 14.3. The standard InChI is InChI=1S/C15H25FN2O/c1-12(11-19-4)18(3)10-9-15(17-2)13-7-5-6-8-14(13)16/h5-8,12,15,17H,9-11H2,1-4H3. The van der Waals surface area contributed by atoms with Gasteiger partial charge in [-0.15, -0.1) is 0 Å². The average Bonchev–Trinajstić information content (AvgIpc) is 2.41. The van der Waals surface area contributed by atoms with Crippen LogP contribution in [0.15, 0.2) is 24.3 Å². The number of nitrogens with one attached hydrogen (secondary N) is 1. The minimum absolute atomic E-state index is 0.0402. The second-order valence-electron chi connectivity index (χ2n) is 4.94. The Kier molecular flexibility index (Phi) is 6.99. The molecule has 0 amide bonds. The summed E-state index contributed by atoms with van der Waals surface area (Å²) in [6, 6.07) is 7.35. The predicted molar refractivity (Wildman–Crippen MR) is 76.8 cm³/mol. The molecule has 0 saturated carbocycles. The van der Waals surface area contributed by atoms with E-state index in [0.29, 0.717) is 12.6 Å². The lowest BCUT2D eigenvalue weighted by Gasteiger charge is -2.26. The molecule has 0 aliphatic heterocycles. The van der Waals surface area contributed by atoms with Crippen LogP contribution in [-0.4, -0.2) is 45.3 Å². The Bertz CT molecular complexity index is 373. The third-order valence-corrected chi connectivity index (χ3v) is 3.56. The van der Waals surface area contributed by atoms with Crippen molar-refractivity contribution >= 4 is 0 Å². The van der Waals surface area contributed by atoms with Crippen molar-refractivity contribution in [3.8, 4) is 0 Å². The van der Waals surface area contributed by atoms with Gasteiger partial charge in [0.05, 0.1) is 6.61 Å². The van der Waals surface area contributed by atoms with Crippen LogP contribution in [0.3, 0.4) is 0 Å². The van der Waals surface area contributed by atoms with Gasteiger partial charge in [-0.3, -0.25) is 0 Å². The van der Waals surface area contributed by atoms with Crippen LogP contribution in [0, 0.1) is 5.82 Å². The summed E-state index contributed by atoms with van der Waals surface area (Å²) in [5.41, 5.74) is 0.734. The lowest BCUT2D eigenvalue weighted by atomic mass is 10.0. The lowest BCUT2D eigenvalue weighted by molar-refractivity contribution is 0.113. The number of nitrogens with zero attached hydrogens (tertiary/aromatic N) is 1. The van der Waals surface area contributed by atoms with Crippen molar-refractivity contribution in [2.45, 2.75) is 25.4 Å². The fraction of sp³-hybridized carbons (Fsp3) is 0.600. The second kappa shape index (κ2) is 8.25. The number of rotatable bonds is 8. The first-order valence-corrected chi connectivity index (χ1v) is 6.71. The van der Waals surface area contributed by atoms with Gasteiger partial charge in [0.1, 0.15) is 5.82 Å². The maximum atomic E-state index is 13.8. The Morgan fingerprint density at radius 2 is 2.05 bits per heavy atom. The minimum Gasteiger partial charge on any atom is -0.383 e. The quantitative estimate of drug-likeness (QED) is 0.784. The largest absolute Gasteiger partial charge is 0.383 e. The molecule has 1 N–H and O–H groups in total. The molecular weight excluding hydrogens is 243 g/mol. The summed E-state index contributed by atoms with van der Waals surface area (Å²) in [6.07, 6.45) is 0.863. The Hall–Kier alpha value is -0.970. The molecular formula is C15H25FN2O. The van der Waals surface area contributed by atoms with Crippen LogP contribution in [0.2, 0.25) is 0 Å². The summed E-state index contributed by atoms with van der Waals surface area (Å²) in [7, 11) is 5.65. The molecule has 2 atom stereocenters. The fourth-order valence-corrected chi connectivity index (χ4v) is 2.13. The molecule has 1 rings (SSSR count). The highest BCUT2D eigenvalue weighted by atomic mass is 19.1. The molecule has 0 spiro atoms. The summed E-state index contributed by atoms with van der Waals surface area (Å²) >= 11 is 0. The maximum absolute atomic E-state index is 13.8. The van der Waals surface area contributed by atoms with E-state index in [1.165, 1.54) is 6.07 Å². The Morgan fingerprint density at radius 3 is 2.63 bits per heavy atom. The average molecular weight is 268 g/mol. The topological polar surface area (TPSA) is 24.5 Å². The van der Waals surface area contributed by atoms with Gasteiger partial charge in [0.2, 0.25) is 0 Å². The van der Waals surface area contributed by atoms with Gasteiger partial charge in [0, 0.05) is 31.3 Å². The van der Waals surface area contributed by atoms with Crippen LogP contribution in [0.4, 0.5) is 4.39 Å². The molecule has 4 heteroatoms. The Morgan fingerprint density at radius 1 is 1.37 bits per heavy atom. The van der Waals surface area contributed by atoms with Gasteiger partial charge in [-0.1, -0.05) is 18.2 Å². The van der Waals surface area contributed by atoms with Gasteiger partial charge in [0.15, 0.2) is 0 Å². The molecule has 19 heavy (non-hydrogen) atoms. The van der Waals surface area contributed by atoms with Gasteiger partial charge in [0.25, 0.3) is 0 Å². The summed E-state index contributed by atoms with van der Waals surface area (Å²) in [4.78, 5) is 2.23. The highest BCUT2D eigenvalue weighted by molar-refractivity contribution is 5.21. The summed E-state index contributed by atoms with van der Waals surface area (Å²) in [6.45, 7) is 3.73. The SMILES string of the molecule is CNC(CCN(C)C(C)COC)c1ccccc1F. The van der Waals surface area contributed by atoms with E-state index in [0.717, 1.165) is 18.5 Å². The highest BCUT2D eigenvalue weighted by Gasteiger charge is 2.16. The zero-order valence-corrected chi connectivity index (χ0v) is 12.3. The number of ether oxygens (including phenoxy) is 1. The first-order chi connectivity index (χ1) is 9.10. The molecule has 0 aliphatic rings. The summed E-state index contributed by atoms with van der Waals surface area (Å²) < 4.78 is 18.9. The number of benzene rings is 1. The fourth-order valence-electron chi connectivity index (χ4n) is 2.13. The van der Waals surface area contributed by atoms with Crippen LogP contribution >= 0.6 is 0 Å². The van der Waals surface area contributed by atoms with Gasteiger partial charge in [-0.25, -0.2) is 4.39 Å². The highest BCUT2D eigenvalue weighted by Crippen LogP contribution is 2.20.